The molecule has 1 aromatic carbocycles. The van der Waals surface area contributed by atoms with Gasteiger partial charge in [0.05, 0.1) is 6.61 Å². The number of hydrogen-bond donors (Lipinski definition) is 2. The highest BCUT2D eigenvalue weighted by atomic mass is 16.5. The molecule has 0 saturated heterocycles. The second-order valence-electron chi connectivity index (χ2n) is 3.95. The maximum atomic E-state index is 8.55. The number of para-hydroxylation sites is 1. The molecule has 0 aliphatic heterocycles. The summed E-state index contributed by atoms with van der Waals surface area (Å²) in [6, 6.07) is 10.1. The average Bonchev–Trinajstić information content (AvgIpc) is 2.42. The van der Waals surface area contributed by atoms with Crippen LogP contribution in [0.5, 0.6) is 0 Å². The van der Waals surface area contributed by atoms with Gasteiger partial charge in [0.15, 0.2) is 0 Å². The highest BCUT2D eigenvalue weighted by Crippen LogP contribution is 2.03. The number of rotatable bonds is 11. The fourth-order valence-electron chi connectivity index (χ4n) is 1.46. The van der Waals surface area contributed by atoms with Gasteiger partial charge in [-0.25, -0.2) is 0 Å². The molecule has 0 aromatic heterocycles. The minimum atomic E-state index is 0.196. The number of aliphatic hydroxyl groups is 1. The summed E-state index contributed by atoms with van der Waals surface area (Å²) in [6.07, 6.45) is 1.61. The maximum Gasteiger partial charge on any atom is 0.0639 e. The zero-order valence-electron chi connectivity index (χ0n) is 10.8. The van der Waals surface area contributed by atoms with Crippen LogP contribution in [0.1, 0.15) is 12.8 Å². The van der Waals surface area contributed by atoms with Crippen molar-refractivity contribution in [2.24, 2.45) is 0 Å². The lowest BCUT2D eigenvalue weighted by molar-refractivity contribution is 0.0794. The van der Waals surface area contributed by atoms with Gasteiger partial charge in [-0.1, -0.05) is 18.2 Å². The predicted molar refractivity (Wildman–Crippen MR) is 72.9 cm³/mol. The first-order chi connectivity index (χ1) is 8.93. The molecular formula is C14H23NO3. The second kappa shape index (κ2) is 11.0. The van der Waals surface area contributed by atoms with Gasteiger partial charge in [0, 0.05) is 38.7 Å². The van der Waals surface area contributed by atoms with E-state index in [1.807, 2.05) is 30.3 Å². The minimum absolute atomic E-state index is 0.196. The molecule has 0 bridgehead atoms. The van der Waals surface area contributed by atoms with Crippen LogP contribution in [0, 0.1) is 0 Å². The standard InChI is InChI=1S/C14H23NO3/c16-9-4-10-17-11-5-12-18-13-8-15-14-6-2-1-3-7-14/h1-3,6-7,15-16H,4-5,8-13H2. The number of ether oxygens (including phenoxy) is 2. The Bertz CT molecular complexity index is 280. The molecule has 4 nitrogen and oxygen atoms in total. The topological polar surface area (TPSA) is 50.7 Å². The molecule has 1 rings (SSSR count). The van der Waals surface area contributed by atoms with Gasteiger partial charge < -0.3 is 19.9 Å². The van der Waals surface area contributed by atoms with Crippen molar-refractivity contribution in [2.75, 3.05) is 44.9 Å². The van der Waals surface area contributed by atoms with Crippen molar-refractivity contribution < 1.29 is 14.6 Å². The Morgan fingerprint density at radius 2 is 1.56 bits per heavy atom. The van der Waals surface area contributed by atoms with E-state index in [0.717, 1.165) is 25.3 Å². The van der Waals surface area contributed by atoms with Crippen molar-refractivity contribution >= 4 is 5.69 Å². The first kappa shape index (κ1) is 15.0. The summed E-state index contributed by atoms with van der Waals surface area (Å²) in [5, 5.41) is 11.8. The summed E-state index contributed by atoms with van der Waals surface area (Å²) < 4.78 is 10.8. The van der Waals surface area contributed by atoms with Crippen LogP contribution in [0.25, 0.3) is 0 Å². The van der Waals surface area contributed by atoms with Crippen molar-refractivity contribution in [3.63, 3.8) is 0 Å². The summed E-state index contributed by atoms with van der Waals surface area (Å²) in [5.41, 5.74) is 1.12. The van der Waals surface area contributed by atoms with E-state index in [-0.39, 0.29) is 6.61 Å². The van der Waals surface area contributed by atoms with Gasteiger partial charge >= 0.3 is 0 Å². The number of nitrogens with one attached hydrogen (secondary N) is 1. The van der Waals surface area contributed by atoms with E-state index in [1.165, 1.54) is 0 Å². The monoisotopic (exact) mass is 253 g/mol. The molecule has 0 saturated carbocycles. The van der Waals surface area contributed by atoms with Gasteiger partial charge in [0.1, 0.15) is 0 Å². The Kier molecular flexibility index (Phi) is 9.16. The van der Waals surface area contributed by atoms with E-state index in [2.05, 4.69) is 5.32 Å². The third-order valence-corrected chi connectivity index (χ3v) is 2.37. The smallest absolute Gasteiger partial charge is 0.0639 e. The van der Waals surface area contributed by atoms with Gasteiger partial charge in [-0.2, -0.15) is 0 Å². The van der Waals surface area contributed by atoms with Gasteiger partial charge in [-0.15, -0.1) is 0 Å². The molecule has 0 radical (unpaired) electrons. The highest BCUT2D eigenvalue weighted by Gasteiger charge is 1.92. The average molecular weight is 253 g/mol. The SMILES string of the molecule is OCCCOCCCOCCNc1ccccc1. The molecule has 0 fully saturated rings. The Hall–Kier alpha value is -1.10. The lowest BCUT2D eigenvalue weighted by Crippen LogP contribution is -2.11. The van der Waals surface area contributed by atoms with Crippen LogP contribution in [-0.2, 0) is 9.47 Å². The lowest BCUT2D eigenvalue weighted by atomic mass is 10.3. The predicted octanol–water partition coefficient (Wildman–Crippen LogP) is 1.90. The summed E-state index contributed by atoms with van der Waals surface area (Å²) in [7, 11) is 0. The Morgan fingerprint density at radius 3 is 2.28 bits per heavy atom. The molecule has 18 heavy (non-hydrogen) atoms. The fourth-order valence-corrected chi connectivity index (χ4v) is 1.46. The molecule has 0 aliphatic carbocycles. The molecule has 102 valence electrons. The normalized spacial score (nSPS) is 10.5. The van der Waals surface area contributed by atoms with E-state index >= 15 is 0 Å². The van der Waals surface area contributed by atoms with Crippen molar-refractivity contribution in [3.05, 3.63) is 30.3 Å². The number of anilines is 1. The van der Waals surface area contributed by atoms with Crippen LogP contribution in [0.4, 0.5) is 5.69 Å². The quantitative estimate of drug-likeness (QED) is 0.591. The summed E-state index contributed by atoms with van der Waals surface area (Å²) >= 11 is 0. The van der Waals surface area contributed by atoms with Gasteiger partial charge in [0.2, 0.25) is 0 Å². The summed E-state index contributed by atoms with van der Waals surface area (Å²) in [6.45, 7) is 3.76. The highest BCUT2D eigenvalue weighted by molar-refractivity contribution is 5.42. The molecule has 0 amide bonds. The summed E-state index contributed by atoms with van der Waals surface area (Å²) in [5.74, 6) is 0. The maximum absolute atomic E-state index is 8.55. The first-order valence-electron chi connectivity index (χ1n) is 6.49. The van der Waals surface area contributed by atoms with Crippen LogP contribution in [0.3, 0.4) is 0 Å². The zero-order chi connectivity index (χ0) is 12.9. The van der Waals surface area contributed by atoms with Crippen LogP contribution < -0.4 is 5.32 Å². The molecule has 2 N–H and O–H groups in total. The Morgan fingerprint density at radius 1 is 0.889 bits per heavy atom. The van der Waals surface area contributed by atoms with E-state index in [4.69, 9.17) is 14.6 Å². The molecule has 0 unspecified atom stereocenters. The van der Waals surface area contributed by atoms with Crippen LogP contribution in [0.2, 0.25) is 0 Å². The van der Waals surface area contributed by atoms with E-state index in [1.54, 1.807) is 0 Å². The van der Waals surface area contributed by atoms with E-state index < -0.39 is 0 Å². The third-order valence-electron chi connectivity index (χ3n) is 2.37. The molecule has 0 aliphatic rings. The van der Waals surface area contributed by atoms with Gasteiger partial charge in [0.25, 0.3) is 0 Å². The van der Waals surface area contributed by atoms with Crippen LogP contribution >= 0.6 is 0 Å². The Balaban J connectivity index is 1.82. The van der Waals surface area contributed by atoms with E-state index in [0.29, 0.717) is 26.2 Å². The number of benzene rings is 1. The second-order valence-corrected chi connectivity index (χ2v) is 3.95. The molecule has 0 spiro atoms. The number of aliphatic hydroxyl groups excluding tert-OH is 1. The van der Waals surface area contributed by atoms with Crippen molar-refractivity contribution in [3.8, 4) is 0 Å². The third kappa shape index (κ3) is 8.06. The molecule has 4 heteroatoms. The fraction of sp³-hybridized carbons (Fsp3) is 0.571. The summed E-state index contributed by atoms with van der Waals surface area (Å²) in [4.78, 5) is 0. The number of hydrogen-bond acceptors (Lipinski definition) is 4. The molecule has 0 heterocycles. The van der Waals surface area contributed by atoms with Crippen molar-refractivity contribution in [1.82, 2.24) is 0 Å². The van der Waals surface area contributed by atoms with Gasteiger partial charge in [-0.05, 0) is 25.0 Å². The lowest BCUT2D eigenvalue weighted by Gasteiger charge is -2.07. The van der Waals surface area contributed by atoms with Gasteiger partial charge in [-0.3, -0.25) is 0 Å². The molecule has 1 aromatic rings. The zero-order valence-corrected chi connectivity index (χ0v) is 10.8. The van der Waals surface area contributed by atoms with Crippen molar-refractivity contribution in [2.45, 2.75) is 12.8 Å². The Labute approximate surface area is 109 Å². The van der Waals surface area contributed by atoms with Crippen LogP contribution in [0.15, 0.2) is 30.3 Å². The van der Waals surface area contributed by atoms with Crippen molar-refractivity contribution in [1.29, 1.82) is 0 Å². The van der Waals surface area contributed by atoms with E-state index in [9.17, 15) is 0 Å². The first-order valence-corrected chi connectivity index (χ1v) is 6.49. The molecule has 0 atom stereocenters. The molecular weight excluding hydrogens is 230 g/mol. The van der Waals surface area contributed by atoms with Crippen LogP contribution in [-0.4, -0.2) is 44.7 Å². The minimum Gasteiger partial charge on any atom is -0.396 e. The largest absolute Gasteiger partial charge is 0.396 e.